The summed E-state index contributed by atoms with van der Waals surface area (Å²) in [6.45, 7) is 1.09. The van der Waals surface area contributed by atoms with Crippen LogP contribution in [0.5, 0.6) is 0 Å². The Kier molecular flexibility index (Phi) is 3.18. The minimum Gasteiger partial charge on any atom is -0.481 e. The molecule has 84 valence electrons. The Morgan fingerprint density at radius 1 is 1.31 bits per heavy atom. The number of nitrogens with zero attached hydrogens (tertiary/aromatic N) is 1. The molecule has 0 heterocycles. The predicted octanol–water partition coefficient (Wildman–Crippen LogP) is 1.91. The van der Waals surface area contributed by atoms with E-state index < -0.39 is 46.5 Å². The summed E-state index contributed by atoms with van der Waals surface area (Å²) in [7, 11) is 0. The normalized spacial score (nSPS) is 9.94. The van der Waals surface area contributed by atoms with E-state index in [-0.39, 0.29) is 0 Å². The molecule has 0 aromatic heterocycles. The van der Waals surface area contributed by atoms with Gasteiger partial charge in [-0.25, -0.2) is 13.2 Å². The van der Waals surface area contributed by atoms with Crippen LogP contribution < -0.4 is 0 Å². The van der Waals surface area contributed by atoms with Gasteiger partial charge in [0, 0.05) is 11.1 Å². The fourth-order valence-corrected chi connectivity index (χ4v) is 1.28. The van der Waals surface area contributed by atoms with Gasteiger partial charge < -0.3 is 5.11 Å². The van der Waals surface area contributed by atoms with E-state index in [1.165, 1.54) is 6.07 Å². The molecule has 1 aromatic rings. The van der Waals surface area contributed by atoms with Crippen LogP contribution in [0.25, 0.3) is 0 Å². The van der Waals surface area contributed by atoms with Crippen LogP contribution in [0.4, 0.5) is 13.2 Å². The largest absolute Gasteiger partial charge is 0.481 e. The van der Waals surface area contributed by atoms with Crippen LogP contribution in [0.2, 0.25) is 0 Å². The van der Waals surface area contributed by atoms with Crippen molar-refractivity contribution < 1.29 is 23.1 Å². The molecule has 0 fully saturated rings. The fourth-order valence-electron chi connectivity index (χ4n) is 1.28. The first kappa shape index (κ1) is 12.0. The summed E-state index contributed by atoms with van der Waals surface area (Å²) in [6.07, 6.45) is -0.971. The standard InChI is InChI=1S/C10H6F3NO2/c1-4-6(3-14)10(13)9(12)5(8(4)11)2-7(15)16/h2H2,1H3,(H,15,16). The lowest BCUT2D eigenvalue weighted by Crippen LogP contribution is -2.10. The highest BCUT2D eigenvalue weighted by molar-refractivity contribution is 5.70. The summed E-state index contributed by atoms with van der Waals surface area (Å²) in [5.74, 6) is -5.82. The maximum absolute atomic E-state index is 13.4. The van der Waals surface area contributed by atoms with Crippen molar-refractivity contribution >= 4 is 5.97 Å². The van der Waals surface area contributed by atoms with Gasteiger partial charge in [-0.3, -0.25) is 4.79 Å². The van der Waals surface area contributed by atoms with Crippen molar-refractivity contribution in [2.45, 2.75) is 13.3 Å². The topological polar surface area (TPSA) is 61.1 Å². The highest BCUT2D eigenvalue weighted by Gasteiger charge is 2.23. The van der Waals surface area contributed by atoms with Crippen molar-refractivity contribution in [3.63, 3.8) is 0 Å². The first-order chi connectivity index (χ1) is 7.40. The van der Waals surface area contributed by atoms with Gasteiger partial charge in [-0.05, 0) is 6.92 Å². The Balaban J connectivity index is 3.55. The van der Waals surface area contributed by atoms with E-state index in [1.807, 2.05) is 0 Å². The van der Waals surface area contributed by atoms with Crippen LogP contribution >= 0.6 is 0 Å². The van der Waals surface area contributed by atoms with E-state index in [1.54, 1.807) is 0 Å². The van der Waals surface area contributed by atoms with E-state index in [4.69, 9.17) is 10.4 Å². The second kappa shape index (κ2) is 4.23. The number of carboxylic acids is 1. The molecule has 1 N–H and O–H groups in total. The maximum atomic E-state index is 13.4. The minimum absolute atomic E-state index is 0.391. The van der Waals surface area contributed by atoms with Gasteiger partial charge >= 0.3 is 5.97 Å². The third-order valence-corrected chi connectivity index (χ3v) is 2.09. The zero-order valence-corrected chi connectivity index (χ0v) is 8.14. The fraction of sp³-hybridized carbons (Fsp3) is 0.200. The van der Waals surface area contributed by atoms with Gasteiger partial charge in [0.2, 0.25) is 0 Å². The first-order valence-electron chi connectivity index (χ1n) is 4.18. The molecule has 16 heavy (non-hydrogen) atoms. The molecule has 0 spiro atoms. The van der Waals surface area contributed by atoms with Crippen molar-refractivity contribution in [1.82, 2.24) is 0 Å². The first-order valence-corrected chi connectivity index (χ1v) is 4.18. The van der Waals surface area contributed by atoms with Crippen LogP contribution in [0.3, 0.4) is 0 Å². The SMILES string of the molecule is Cc1c(F)c(CC(=O)O)c(F)c(F)c1C#N. The number of carboxylic acid groups (broad SMARTS) is 1. The molecule has 3 nitrogen and oxygen atoms in total. The summed E-state index contributed by atoms with van der Waals surface area (Å²) < 4.78 is 39.8. The summed E-state index contributed by atoms with van der Waals surface area (Å²) in [5, 5.41) is 16.9. The van der Waals surface area contributed by atoms with Crippen LogP contribution in [0.15, 0.2) is 0 Å². The Hall–Kier alpha value is -2.03. The van der Waals surface area contributed by atoms with Crippen LogP contribution in [0.1, 0.15) is 16.7 Å². The summed E-state index contributed by atoms with van der Waals surface area (Å²) in [4.78, 5) is 10.3. The number of rotatable bonds is 2. The molecule has 0 saturated carbocycles. The monoisotopic (exact) mass is 229 g/mol. The van der Waals surface area contributed by atoms with Gasteiger partial charge in [-0.1, -0.05) is 0 Å². The Labute approximate surface area is 88.7 Å². The van der Waals surface area contributed by atoms with E-state index in [0.29, 0.717) is 0 Å². The zero-order chi connectivity index (χ0) is 12.5. The van der Waals surface area contributed by atoms with E-state index >= 15 is 0 Å². The lowest BCUT2D eigenvalue weighted by molar-refractivity contribution is -0.136. The lowest BCUT2D eigenvalue weighted by Gasteiger charge is -2.08. The second-order valence-electron chi connectivity index (χ2n) is 3.10. The predicted molar refractivity (Wildman–Crippen MR) is 47.1 cm³/mol. The number of aliphatic carboxylic acids is 1. The Morgan fingerprint density at radius 3 is 2.31 bits per heavy atom. The van der Waals surface area contributed by atoms with Gasteiger partial charge in [-0.15, -0.1) is 0 Å². The summed E-state index contributed by atoms with van der Waals surface area (Å²) >= 11 is 0. The van der Waals surface area contributed by atoms with Crippen LogP contribution in [-0.2, 0) is 11.2 Å². The average molecular weight is 229 g/mol. The number of hydrogen-bond acceptors (Lipinski definition) is 2. The zero-order valence-electron chi connectivity index (χ0n) is 8.14. The Bertz CT molecular complexity index is 477. The highest BCUT2D eigenvalue weighted by Crippen LogP contribution is 2.24. The third-order valence-electron chi connectivity index (χ3n) is 2.09. The van der Waals surface area contributed by atoms with Gasteiger partial charge in [0.1, 0.15) is 11.9 Å². The molecule has 0 aliphatic rings. The molecule has 0 saturated heterocycles. The average Bonchev–Trinajstić information content (AvgIpc) is 2.22. The highest BCUT2D eigenvalue weighted by atomic mass is 19.2. The molecule has 0 aliphatic carbocycles. The van der Waals surface area contributed by atoms with Crippen molar-refractivity contribution in [1.29, 1.82) is 5.26 Å². The molecule has 6 heteroatoms. The van der Waals surface area contributed by atoms with Gasteiger partial charge in [0.15, 0.2) is 11.6 Å². The van der Waals surface area contributed by atoms with Crippen molar-refractivity contribution in [3.8, 4) is 6.07 Å². The van der Waals surface area contributed by atoms with Crippen LogP contribution in [0, 0.1) is 35.7 Å². The lowest BCUT2D eigenvalue weighted by atomic mass is 10.0. The number of hydrogen-bond donors (Lipinski definition) is 1. The van der Waals surface area contributed by atoms with E-state index in [0.717, 1.165) is 6.92 Å². The van der Waals surface area contributed by atoms with Crippen LogP contribution in [-0.4, -0.2) is 11.1 Å². The molecule has 0 amide bonds. The number of benzene rings is 1. The number of nitriles is 1. The number of halogens is 3. The summed E-state index contributed by atoms with van der Waals surface area (Å²) in [5.41, 5.74) is -2.01. The molecule has 0 atom stereocenters. The Morgan fingerprint density at radius 2 is 1.88 bits per heavy atom. The van der Waals surface area contributed by atoms with E-state index in [9.17, 15) is 18.0 Å². The smallest absolute Gasteiger partial charge is 0.308 e. The third kappa shape index (κ3) is 1.84. The molecule has 1 aromatic carbocycles. The minimum atomic E-state index is -1.62. The van der Waals surface area contributed by atoms with Gasteiger partial charge in [-0.2, -0.15) is 5.26 Å². The van der Waals surface area contributed by atoms with E-state index in [2.05, 4.69) is 0 Å². The number of carbonyl (C=O) groups is 1. The maximum Gasteiger partial charge on any atom is 0.308 e. The second-order valence-corrected chi connectivity index (χ2v) is 3.10. The molecular formula is C10H6F3NO2. The molecular weight excluding hydrogens is 223 g/mol. The molecule has 0 radical (unpaired) electrons. The van der Waals surface area contributed by atoms with Gasteiger partial charge in [0.25, 0.3) is 0 Å². The molecule has 0 bridgehead atoms. The molecule has 1 rings (SSSR count). The quantitative estimate of drug-likeness (QED) is 0.788. The van der Waals surface area contributed by atoms with Gasteiger partial charge in [0.05, 0.1) is 12.0 Å². The summed E-state index contributed by atoms with van der Waals surface area (Å²) in [6, 6.07) is 1.32. The molecule has 0 aliphatic heterocycles. The van der Waals surface area contributed by atoms with Crippen molar-refractivity contribution in [2.75, 3.05) is 0 Å². The van der Waals surface area contributed by atoms with Crippen molar-refractivity contribution in [2.24, 2.45) is 0 Å². The van der Waals surface area contributed by atoms with Crippen molar-refractivity contribution in [3.05, 3.63) is 34.1 Å². The molecule has 0 unspecified atom stereocenters.